The summed E-state index contributed by atoms with van der Waals surface area (Å²) in [5.74, 6) is 5.80. The van der Waals surface area contributed by atoms with Crippen LogP contribution >= 0.6 is 0 Å². The Bertz CT molecular complexity index is 1250. The van der Waals surface area contributed by atoms with Crippen LogP contribution < -0.4 is 0 Å². The number of aryl methyl sites for hydroxylation is 1. The van der Waals surface area contributed by atoms with Crippen molar-refractivity contribution in [2.75, 3.05) is 6.61 Å². The standard InChI is InChI=1S/C27H27NO4S/c1-21-13-16-24(17-14-21)33(30,31)28-25(20-32-19-23-11-7-4-8-12-23)27(28,2)26(29)18-15-22-9-5-3-6-10-22/h3-14,16-17,25-26,29H,19-20H2,1-2H3/t25-,26+,27+,28?/m1/s1. The van der Waals surface area contributed by atoms with E-state index in [1.807, 2.05) is 67.6 Å². The van der Waals surface area contributed by atoms with Crippen molar-refractivity contribution in [3.63, 3.8) is 0 Å². The van der Waals surface area contributed by atoms with E-state index in [1.54, 1.807) is 31.2 Å². The van der Waals surface area contributed by atoms with Crippen LogP contribution in [0, 0.1) is 18.8 Å². The lowest BCUT2D eigenvalue weighted by Crippen LogP contribution is -2.33. The maximum absolute atomic E-state index is 13.5. The predicted octanol–water partition coefficient (Wildman–Crippen LogP) is 3.76. The van der Waals surface area contributed by atoms with E-state index < -0.39 is 27.7 Å². The van der Waals surface area contributed by atoms with Crippen LogP contribution in [0.4, 0.5) is 0 Å². The Balaban J connectivity index is 1.58. The second-order valence-corrected chi connectivity index (χ2v) is 10.2. The van der Waals surface area contributed by atoms with Gasteiger partial charge in [0.25, 0.3) is 0 Å². The molecule has 5 nitrogen and oxygen atoms in total. The minimum absolute atomic E-state index is 0.153. The van der Waals surface area contributed by atoms with Crippen molar-refractivity contribution in [2.45, 2.75) is 43.0 Å². The van der Waals surface area contributed by atoms with Gasteiger partial charge in [0.2, 0.25) is 10.0 Å². The molecule has 33 heavy (non-hydrogen) atoms. The van der Waals surface area contributed by atoms with E-state index >= 15 is 0 Å². The summed E-state index contributed by atoms with van der Waals surface area (Å²) in [6, 6.07) is 25.2. The zero-order valence-electron chi connectivity index (χ0n) is 18.7. The van der Waals surface area contributed by atoms with Crippen LogP contribution in [0.25, 0.3) is 0 Å². The van der Waals surface area contributed by atoms with Crippen LogP contribution in [0.3, 0.4) is 0 Å². The maximum Gasteiger partial charge on any atom is 0.244 e. The van der Waals surface area contributed by atoms with E-state index in [0.29, 0.717) is 6.61 Å². The summed E-state index contributed by atoms with van der Waals surface area (Å²) in [7, 11) is -3.84. The van der Waals surface area contributed by atoms with Gasteiger partial charge in [-0.15, -0.1) is 0 Å². The number of sulfonamides is 1. The molecule has 1 fully saturated rings. The van der Waals surface area contributed by atoms with E-state index in [0.717, 1.165) is 16.7 Å². The highest BCUT2D eigenvalue weighted by atomic mass is 32.2. The normalized spacial score (nSPS) is 22.8. The fourth-order valence-corrected chi connectivity index (χ4v) is 5.92. The third-order valence-electron chi connectivity index (χ3n) is 6.01. The predicted molar refractivity (Wildman–Crippen MR) is 128 cm³/mol. The van der Waals surface area contributed by atoms with Crippen LogP contribution in [0.1, 0.15) is 23.6 Å². The van der Waals surface area contributed by atoms with Gasteiger partial charge < -0.3 is 9.84 Å². The van der Waals surface area contributed by atoms with E-state index in [9.17, 15) is 13.5 Å². The summed E-state index contributed by atoms with van der Waals surface area (Å²) in [5, 5.41) is 11.0. The molecule has 0 spiro atoms. The highest BCUT2D eigenvalue weighted by Gasteiger charge is 2.69. The molecule has 3 aromatic rings. The molecule has 1 unspecified atom stereocenters. The topological polar surface area (TPSA) is 66.6 Å². The van der Waals surface area contributed by atoms with Crippen molar-refractivity contribution >= 4 is 10.0 Å². The lowest BCUT2D eigenvalue weighted by molar-refractivity contribution is 0.111. The Hall–Kier alpha value is -2.95. The van der Waals surface area contributed by atoms with E-state index in [2.05, 4.69) is 11.8 Å². The lowest BCUT2D eigenvalue weighted by atomic mass is 10.0. The Morgan fingerprint density at radius 3 is 2.24 bits per heavy atom. The van der Waals surface area contributed by atoms with Crippen molar-refractivity contribution in [1.82, 2.24) is 4.31 Å². The molecule has 0 bridgehead atoms. The smallest absolute Gasteiger partial charge is 0.244 e. The molecule has 1 heterocycles. The van der Waals surface area contributed by atoms with E-state index in [4.69, 9.17) is 4.74 Å². The minimum atomic E-state index is -3.84. The summed E-state index contributed by atoms with van der Waals surface area (Å²) < 4.78 is 34.1. The van der Waals surface area contributed by atoms with Crippen LogP contribution in [0.2, 0.25) is 0 Å². The zero-order chi connectivity index (χ0) is 23.5. The Labute approximate surface area is 195 Å². The third-order valence-corrected chi connectivity index (χ3v) is 8.04. The van der Waals surface area contributed by atoms with Gasteiger partial charge in [0, 0.05) is 5.56 Å². The van der Waals surface area contributed by atoms with Gasteiger partial charge in [-0.1, -0.05) is 78.1 Å². The number of nitrogens with zero attached hydrogens (tertiary/aromatic N) is 1. The molecule has 0 aromatic heterocycles. The van der Waals surface area contributed by atoms with Gasteiger partial charge in [0.05, 0.1) is 29.7 Å². The van der Waals surface area contributed by atoms with Crippen molar-refractivity contribution in [2.24, 2.45) is 0 Å². The second kappa shape index (κ2) is 9.50. The van der Waals surface area contributed by atoms with Gasteiger partial charge in [-0.25, -0.2) is 8.42 Å². The quantitative estimate of drug-likeness (QED) is 0.430. The Morgan fingerprint density at radius 1 is 1.00 bits per heavy atom. The maximum atomic E-state index is 13.5. The molecular formula is C27H27NO4S. The van der Waals surface area contributed by atoms with Gasteiger partial charge in [0.1, 0.15) is 6.10 Å². The van der Waals surface area contributed by atoms with Gasteiger partial charge in [-0.05, 0) is 43.7 Å². The number of aliphatic hydroxyl groups excluding tert-OH is 1. The summed E-state index contributed by atoms with van der Waals surface area (Å²) in [6.07, 6.45) is -1.18. The van der Waals surface area contributed by atoms with Crippen molar-refractivity contribution in [3.8, 4) is 11.8 Å². The first-order valence-corrected chi connectivity index (χ1v) is 12.2. The van der Waals surface area contributed by atoms with Gasteiger partial charge in [0.15, 0.2) is 0 Å². The molecular weight excluding hydrogens is 434 g/mol. The number of hydrogen-bond donors (Lipinski definition) is 1. The first-order valence-electron chi connectivity index (χ1n) is 10.8. The zero-order valence-corrected chi connectivity index (χ0v) is 19.5. The minimum Gasteiger partial charge on any atom is -0.378 e. The average Bonchev–Trinajstić information content (AvgIpc) is 3.45. The first-order chi connectivity index (χ1) is 15.8. The highest BCUT2D eigenvalue weighted by Crippen LogP contribution is 2.48. The highest BCUT2D eigenvalue weighted by molar-refractivity contribution is 7.89. The Morgan fingerprint density at radius 2 is 1.61 bits per heavy atom. The van der Waals surface area contributed by atoms with Crippen molar-refractivity contribution in [3.05, 3.63) is 102 Å². The molecule has 1 aliphatic rings. The fourth-order valence-electron chi connectivity index (χ4n) is 3.91. The molecule has 0 radical (unpaired) electrons. The largest absolute Gasteiger partial charge is 0.378 e. The summed E-state index contributed by atoms with van der Waals surface area (Å²) in [6.45, 7) is 4.14. The molecule has 170 valence electrons. The van der Waals surface area contributed by atoms with Crippen molar-refractivity contribution in [1.29, 1.82) is 0 Å². The molecule has 3 aromatic carbocycles. The molecule has 0 amide bonds. The van der Waals surface area contributed by atoms with Crippen LogP contribution in [-0.4, -0.2) is 42.1 Å². The van der Waals surface area contributed by atoms with Gasteiger partial charge in [-0.3, -0.25) is 0 Å². The fraction of sp³-hybridized carbons (Fsp3) is 0.259. The number of ether oxygens (including phenoxy) is 1. The molecule has 1 aliphatic heterocycles. The number of benzene rings is 3. The molecule has 1 saturated heterocycles. The van der Waals surface area contributed by atoms with Crippen LogP contribution in [-0.2, 0) is 21.4 Å². The van der Waals surface area contributed by atoms with Crippen molar-refractivity contribution < 1.29 is 18.3 Å². The lowest BCUT2D eigenvalue weighted by Gasteiger charge is -2.15. The Kier molecular flexibility index (Phi) is 6.68. The number of aliphatic hydroxyl groups is 1. The molecule has 4 rings (SSSR count). The summed E-state index contributed by atoms with van der Waals surface area (Å²) in [5.41, 5.74) is 1.63. The monoisotopic (exact) mass is 461 g/mol. The first kappa shape index (κ1) is 23.2. The van der Waals surface area contributed by atoms with Crippen LogP contribution in [0.15, 0.2) is 89.8 Å². The van der Waals surface area contributed by atoms with Gasteiger partial charge >= 0.3 is 0 Å². The molecule has 1 N–H and O–H groups in total. The van der Waals surface area contributed by atoms with E-state index in [-0.39, 0.29) is 11.5 Å². The third kappa shape index (κ3) is 4.87. The number of hydrogen-bond acceptors (Lipinski definition) is 4. The SMILES string of the molecule is Cc1ccc(S(=O)(=O)N2[C@H](COCc3ccccc3)[C@@]2(C)[C@@H](O)C#Cc2ccccc2)cc1. The summed E-state index contributed by atoms with van der Waals surface area (Å²) in [4.78, 5) is 0.188. The second-order valence-electron chi connectivity index (χ2n) is 8.39. The average molecular weight is 462 g/mol. The molecule has 6 heteroatoms. The molecule has 0 aliphatic carbocycles. The summed E-state index contributed by atoms with van der Waals surface area (Å²) >= 11 is 0. The van der Waals surface area contributed by atoms with Crippen LogP contribution in [0.5, 0.6) is 0 Å². The van der Waals surface area contributed by atoms with E-state index in [1.165, 1.54) is 4.31 Å². The van der Waals surface area contributed by atoms with Gasteiger partial charge in [-0.2, -0.15) is 4.31 Å². The molecule has 0 saturated carbocycles. The molecule has 4 atom stereocenters. The number of rotatable bonds is 7.